The maximum absolute atomic E-state index is 2.38. The van der Waals surface area contributed by atoms with Gasteiger partial charge in [0.25, 0.3) is 0 Å². The van der Waals surface area contributed by atoms with Crippen LogP contribution in [0.25, 0.3) is 152 Å². The van der Waals surface area contributed by atoms with Crippen LogP contribution in [0.4, 0.5) is 0 Å². The molecule has 0 radical (unpaired) electrons. The van der Waals surface area contributed by atoms with Gasteiger partial charge in [-0.3, -0.25) is 0 Å². The molecule has 21 rings (SSSR count). The molecule has 0 fully saturated rings. The largest absolute Gasteiger partial charge is 0.0622 e. The maximum Gasteiger partial charge on any atom is -0.00960 e. The molecule has 0 saturated heterocycles. The van der Waals surface area contributed by atoms with E-state index in [1.54, 1.807) is 0 Å². The molecule has 0 aromatic heterocycles. The van der Waals surface area contributed by atoms with E-state index in [2.05, 4.69) is 570 Å². The standard InChI is InChI=1S/C22H20.3C20H20.2C18H18.C16H18/c1-22(2,3)15-12-13-20-18-10-5-4-8-16(18)17-9-6-7-11-19(17)21(20)14-15;1-20(2,3)19-12-10-16(11-13-19)18-9-8-15-6-4-5-7-17(15)14-18;1-20(2,3)19-12-11-17-13-16(9-10-18(17)14-19)15-7-5-4-6-8-15;1-20(2,3)19-12-11-16-9-10-17(13-18(16)14-19)15-7-5-4-6-8-15;1-18(2,3)15-10-11-17-14(12-15)9-8-13-6-4-5-7-16(13)17;1-18(2,3)15-11-10-14-9-8-13-6-4-5-7-16(13)17(14)12-15;1-16(2,3)15-11-9-14(10-12-15)13-7-5-4-6-8-13/h4-14H,1-3H3;3*4-14H,1-3H3;2*4-12H,1-3H3;4-12H,1-3H3. The summed E-state index contributed by atoms with van der Waals surface area (Å²) in [5, 5.41) is 26.6. The van der Waals surface area contributed by atoms with Crippen molar-refractivity contribution in [2.45, 2.75) is 183 Å². The molecule has 0 aliphatic rings. The van der Waals surface area contributed by atoms with Crippen LogP contribution >= 0.6 is 0 Å². The van der Waals surface area contributed by atoms with Crippen LogP contribution in [0.2, 0.25) is 0 Å². The fourth-order valence-electron chi connectivity index (χ4n) is 17.7. The molecule has 0 atom stereocenters. The van der Waals surface area contributed by atoms with Crippen molar-refractivity contribution < 1.29 is 0 Å². The lowest BCUT2D eigenvalue weighted by molar-refractivity contribution is 0.590. The monoisotopic (exact) mass is 1740 g/mol. The first-order valence-corrected chi connectivity index (χ1v) is 48.0. The number of benzene rings is 21. The fraction of sp³-hybridized carbons (Fsp3) is 0.209. The zero-order chi connectivity index (χ0) is 94.9. The minimum Gasteiger partial charge on any atom is -0.0622 e. The highest BCUT2D eigenvalue weighted by atomic mass is 14.3. The van der Waals surface area contributed by atoms with Gasteiger partial charge in [-0.2, -0.15) is 0 Å². The summed E-state index contributed by atoms with van der Waals surface area (Å²) in [6.45, 7) is 47.4. The van der Waals surface area contributed by atoms with Gasteiger partial charge >= 0.3 is 0 Å². The lowest BCUT2D eigenvalue weighted by atomic mass is 9.84. The van der Waals surface area contributed by atoms with Crippen molar-refractivity contribution >= 4 is 108 Å². The average Bonchev–Trinajstić information content (AvgIpc) is 0.739. The lowest BCUT2D eigenvalue weighted by Crippen LogP contribution is -2.10. The van der Waals surface area contributed by atoms with Gasteiger partial charge in [-0.05, 0) is 253 Å². The third-order valence-corrected chi connectivity index (χ3v) is 26.2. The Hall–Kier alpha value is -13.8. The molecule has 0 aliphatic heterocycles. The molecule has 21 aromatic rings. The third-order valence-electron chi connectivity index (χ3n) is 26.2. The van der Waals surface area contributed by atoms with Crippen molar-refractivity contribution in [2.75, 3.05) is 0 Å². The molecule has 0 unspecified atom stereocenters. The molecule has 0 heteroatoms. The van der Waals surface area contributed by atoms with E-state index in [0.717, 1.165) is 0 Å². The first kappa shape index (κ1) is 94.9. The predicted molar refractivity (Wildman–Crippen MR) is 593 cm³/mol. The Kier molecular flexibility index (Phi) is 28.3. The SMILES string of the molecule is CC(C)(C)c1ccc(-c2ccc3ccccc3c2)cc1.CC(C)(C)c1ccc(-c2ccccc2)cc1.CC(C)(C)c1ccc2c(ccc3ccccc32)c1.CC(C)(C)c1ccc2c3ccccc3c3ccccc3c2c1.CC(C)(C)c1ccc2cc(-c3ccccc3)ccc2c1.CC(C)(C)c1ccc2ccc(-c3ccccc3)cc2c1.CC(C)(C)c1ccc2ccc3ccccc3c2c1. The van der Waals surface area contributed by atoms with Gasteiger partial charge in [0, 0.05) is 0 Å². The van der Waals surface area contributed by atoms with Crippen molar-refractivity contribution in [3.05, 3.63) is 470 Å². The topological polar surface area (TPSA) is 0 Å². The molecule has 670 valence electrons. The Bertz CT molecular complexity index is 7590. The highest BCUT2D eigenvalue weighted by molar-refractivity contribution is 6.25. The summed E-state index contributed by atoms with van der Waals surface area (Å²) in [5.41, 5.74) is 21.4. The molecule has 0 amide bonds. The van der Waals surface area contributed by atoms with E-state index in [1.807, 2.05) is 6.07 Å². The molecule has 0 saturated carbocycles. The number of rotatable bonds is 4. The quantitative estimate of drug-likeness (QED) is 0.154. The van der Waals surface area contributed by atoms with Crippen LogP contribution in [0.3, 0.4) is 0 Å². The summed E-state index contributed by atoms with van der Waals surface area (Å²) in [4.78, 5) is 0. The van der Waals surface area contributed by atoms with E-state index in [9.17, 15) is 0 Å². The van der Waals surface area contributed by atoms with Gasteiger partial charge in [0.15, 0.2) is 0 Å². The fourth-order valence-corrected chi connectivity index (χ4v) is 17.7. The van der Waals surface area contributed by atoms with Crippen molar-refractivity contribution in [2.24, 2.45) is 0 Å². The second-order valence-electron chi connectivity index (χ2n) is 43.4. The molecule has 0 bridgehead atoms. The normalized spacial score (nSPS) is 11.9. The Morgan fingerprint density at radius 2 is 0.291 bits per heavy atom. The van der Waals surface area contributed by atoms with Crippen LogP contribution in [0.15, 0.2) is 431 Å². The second-order valence-corrected chi connectivity index (χ2v) is 43.4. The van der Waals surface area contributed by atoms with Crippen molar-refractivity contribution in [1.82, 2.24) is 0 Å². The zero-order valence-electron chi connectivity index (χ0n) is 83.0. The Balaban J connectivity index is 0.000000119. The summed E-state index contributed by atoms with van der Waals surface area (Å²) in [7, 11) is 0. The smallest absolute Gasteiger partial charge is 0.00960 e. The van der Waals surface area contributed by atoms with Gasteiger partial charge in [0.2, 0.25) is 0 Å². The average molecular weight is 1740 g/mol. The van der Waals surface area contributed by atoms with Gasteiger partial charge in [0.1, 0.15) is 0 Å². The van der Waals surface area contributed by atoms with E-state index in [4.69, 9.17) is 0 Å². The van der Waals surface area contributed by atoms with Crippen LogP contribution in [0, 0.1) is 0 Å². The summed E-state index contributed by atoms with van der Waals surface area (Å²) in [5.74, 6) is 0. The zero-order valence-corrected chi connectivity index (χ0v) is 83.0. The van der Waals surface area contributed by atoms with Crippen molar-refractivity contribution in [3.8, 4) is 44.5 Å². The summed E-state index contributed by atoms with van der Waals surface area (Å²) in [6, 6.07) is 156. The number of hydrogen-bond donors (Lipinski definition) is 0. The van der Waals surface area contributed by atoms with Gasteiger partial charge in [0.05, 0.1) is 0 Å². The van der Waals surface area contributed by atoms with E-state index in [-0.39, 0.29) is 37.9 Å². The Labute approximate surface area is 799 Å². The second kappa shape index (κ2) is 40.0. The minimum atomic E-state index is 0.168. The highest BCUT2D eigenvalue weighted by Crippen LogP contribution is 2.41. The van der Waals surface area contributed by atoms with Gasteiger partial charge in [-0.1, -0.05) is 552 Å². The van der Waals surface area contributed by atoms with Gasteiger partial charge in [-0.25, -0.2) is 0 Å². The first-order chi connectivity index (χ1) is 63.8. The molecular weight excluding hydrogens is 1610 g/mol. The van der Waals surface area contributed by atoms with E-state index in [1.165, 1.54) is 191 Å². The van der Waals surface area contributed by atoms with Crippen LogP contribution in [-0.2, 0) is 37.9 Å². The molecule has 134 heavy (non-hydrogen) atoms. The Morgan fingerprint density at radius 3 is 0.709 bits per heavy atom. The van der Waals surface area contributed by atoms with Crippen LogP contribution < -0.4 is 0 Å². The van der Waals surface area contributed by atoms with Crippen LogP contribution in [-0.4, -0.2) is 0 Å². The highest BCUT2D eigenvalue weighted by Gasteiger charge is 2.22. The molecular formula is C134H134. The Morgan fingerprint density at radius 1 is 0.0970 bits per heavy atom. The summed E-state index contributed by atoms with van der Waals surface area (Å²) < 4.78 is 0. The molecule has 0 spiro atoms. The number of fused-ring (bicyclic) bond motifs is 15. The molecule has 0 heterocycles. The lowest BCUT2D eigenvalue weighted by Gasteiger charge is -2.20. The summed E-state index contributed by atoms with van der Waals surface area (Å²) >= 11 is 0. The summed E-state index contributed by atoms with van der Waals surface area (Å²) in [6.07, 6.45) is 0. The molecule has 0 nitrogen and oxygen atoms in total. The molecule has 0 N–H and O–H groups in total. The van der Waals surface area contributed by atoms with Crippen molar-refractivity contribution in [3.63, 3.8) is 0 Å². The first-order valence-electron chi connectivity index (χ1n) is 48.0. The number of hydrogen-bond acceptors (Lipinski definition) is 0. The van der Waals surface area contributed by atoms with Crippen molar-refractivity contribution in [1.29, 1.82) is 0 Å². The van der Waals surface area contributed by atoms with Gasteiger partial charge in [-0.15, -0.1) is 0 Å². The van der Waals surface area contributed by atoms with E-state index in [0.29, 0.717) is 0 Å². The van der Waals surface area contributed by atoms with Crippen LogP contribution in [0.5, 0.6) is 0 Å². The minimum absolute atomic E-state index is 0.168. The third kappa shape index (κ3) is 23.1. The maximum atomic E-state index is 2.38. The molecule has 0 aliphatic carbocycles. The van der Waals surface area contributed by atoms with E-state index < -0.39 is 0 Å². The van der Waals surface area contributed by atoms with E-state index >= 15 is 0 Å². The van der Waals surface area contributed by atoms with Crippen LogP contribution in [0.1, 0.15) is 184 Å². The molecule has 21 aromatic carbocycles. The van der Waals surface area contributed by atoms with Gasteiger partial charge < -0.3 is 0 Å². The predicted octanol–water partition coefficient (Wildman–Crippen LogP) is 39.1.